The smallest absolute Gasteiger partial charge is 0.361 e. The molecular formula is C15H17NO4S2. The molecule has 1 aromatic heterocycles. The van der Waals surface area contributed by atoms with E-state index in [1.54, 1.807) is 14.0 Å². The molecule has 0 N–H and O–H groups in total. The molecule has 0 fully saturated rings. The zero-order valence-electron chi connectivity index (χ0n) is 12.6. The predicted octanol–water partition coefficient (Wildman–Crippen LogP) is 3.16. The Bertz CT molecular complexity index is 690. The van der Waals surface area contributed by atoms with Crippen LogP contribution >= 0.6 is 23.6 Å². The van der Waals surface area contributed by atoms with Gasteiger partial charge >= 0.3 is 5.97 Å². The molecule has 0 radical (unpaired) electrons. The molecule has 1 aromatic carbocycles. The second kappa shape index (κ2) is 7.53. The number of hydrogen-bond donors (Lipinski definition) is 0. The van der Waals surface area contributed by atoms with Crippen molar-refractivity contribution in [3.05, 3.63) is 44.9 Å². The van der Waals surface area contributed by atoms with E-state index in [2.05, 4.69) is 0 Å². The molecule has 118 valence electrons. The summed E-state index contributed by atoms with van der Waals surface area (Å²) < 4.78 is 12.5. The minimum Gasteiger partial charge on any atom is -0.497 e. The first kappa shape index (κ1) is 16.7. The van der Waals surface area contributed by atoms with Gasteiger partial charge in [-0.25, -0.2) is 4.79 Å². The minimum absolute atomic E-state index is 0.314. The molecule has 0 saturated carbocycles. The van der Waals surface area contributed by atoms with E-state index in [0.717, 1.165) is 17.0 Å². The molecule has 22 heavy (non-hydrogen) atoms. The molecular weight excluding hydrogens is 322 g/mol. The Kier molecular flexibility index (Phi) is 5.70. The Morgan fingerprint density at radius 2 is 2.05 bits per heavy atom. The molecule has 5 nitrogen and oxygen atoms in total. The summed E-state index contributed by atoms with van der Waals surface area (Å²) in [5.74, 6) is 0.296. The van der Waals surface area contributed by atoms with Gasteiger partial charge in [0.25, 0.3) is 0 Å². The summed E-state index contributed by atoms with van der Waals surface area (Å²) in [5.41, 5.74) is 1.73. The van der Waals surface area contributed by atoms with Crippen molar-refractivity contribution in [2.45, 2.75) is 26.6 Å². The van der Waals surface area contributed by atoms with Gasteiger partial charge in [-0.3, -0.25) is 0 Å². The minimum atomic E-state index is -0.691. The van der Waals surface area contributed by atoms with Crippen molar-refractivity contribution in [1.82, 2.24) is 4.73 Å². The summed E-state index contributed by atoms with van der Waals surface area (Å²) in [5, 5.41) is 1.83. The first-order valence-corrected chi connectivity index (χ1v) is 7.94. The van der Waals surface area contributed by atoms with Gasteiger partial charge in [0.2, 0.25) is 0 Å². The third kappa shape index (κ3) is 4.16. The number of hydrogen-bond acceptors (Lipinski definition) is 6. The molecule has 2 aromatic rings. The average molecular weight is 339 g/mol. The van der Waals surface area contributed by atoms with Gasteiger partial charge in [0.1, 0.15) is 5.75 Å². The second-order valence-electron chi connectivity index (χ2n) is 4.65. The summed E-state index contributed by atoms with van der Waals surface area (Å²) in [6, 6.07) is 7.46. The lowest BCUT2D eigenvalue weighted by atomic mass is 10.2. The molecule has 7 heteroatoms. The van der Waals surface area contributed by atoms with Gasteiger partial charge < -0.3 is 14.3 Å². The van der Waals surface area contributed by atoms with Crippen molar-refractivity contribution < 1.29 is 19.1 Å². The number of thiazole rings is 1. The number of carbonyl (C=O) groups is 1. The number of benzene rings is 1. The maximum absolute atomic E-state index is 12.0. The average Bonchev–Trinajstić information content (AvgIpc) is 2.84. The van der Waals surface area contributed by atoms with Crippen molar-refractivity contribution in [3.8, 4) is 5.75 Å². The van der Waals surface area contributed by atoms with E-state index in [-0.39, 0.29) is 0 Å². The Balaban J connectivity index is 1.89. The third-order valence-electron chi connectivity index (χ3n) is 2.99. The fourth-order valence-electron chi connectivity index (χ4n) is 1.66. The largest absolute Gasteiger partial charge is 0.497 e. The zero-order valence-corrected chi connectivity index (χ0v) is 14.2. The number of ether oxygens (including phenoxy) is 2. The lowest BCUT2D eigenvalue weighted by Gasteiger charge is -2.13. The van der Waals surface area contributed by atoms with Gasteiger partial charge in [-0.1, -0.05) is 12.1 Å². The Hall–Kier alpha value is -1.70. The van der Waals surface area contributed by atoms with Crippen molar-refractivity contribution in [2.24, 2.45) is 0 Å². The molecule has 2 rings (SSSR count). The standard InChI is InChI=1S/C15H17NO4S2/c1-10-9-22-15(21)16(10)20-14(17)11(2)19-8-12-4-6-13(18-3)7-5-12/h4-7,9,11H,8H2,1-3H3/t11-/m0/s1. The van der Waals surface area contributed by atoms with Gasteiger partial charge in [-0.15, -0.1) is 11.3 Å². The molecule has 0 unspecified atom stereocenters. The first-order valence-electron chi connectivity index (χ1n) is 6.65. The molecule has 0 aliphatic carbocycles. The van der Waals surface area contributed by atoms with Gasteiger partial charge in [0.05, 0.1) is 19.4 Å². The van der Waals surface area contributed by atoms with E-state index in [1.807, 2.05) is 36.6 Å². The third-order valence-corrected chi connectivity index (χ3v) is 4.27. The Morgan fingerprint density at radius 3 is 2.59 bits per heavy atom. The Labute approximate surface area is 138 Å². The Morgan fingerprint density at radius 1 is 1.36 bits per heavy atom. The van der Waals surface area contributed by atoms with Crippen molar-refractivity contribution in [2.75, 3.05) is 7.11 Å². The highest BCUT2D eigenvalue weighted by Gasteiger charge is 2.17. The summed E-state index contributed by atoms with van der Waals surface area (Å²) in [6.45, 7) is 3.79. The summed E-state index contributed by atoms with van der Waals surface area (Å²) in [6.07, 6.45) is -0.691. The molecule has 0 spiro atoms. The summed E-state index contributed by atoms with van der Waals surface area (Å²) in [4.78, 5) is 17.2. The lowest BCUT2D eigenvalue weighted by molar-refractivity contribution is -0.157. The topological polar surface area (TPSA) is 49.7 Å². The first-order chi connectivity index (χ1) is 10.5. The van der Waals surface area contributed by atoms with Crippen LogP contribution in [0.1, 0.15) is 18.2 Å². The predicted molar refractivity (Wildman–Crippen MR) is 86.7 cm³/mol. The van der Waals surface area contributed by atoms with Crippen LogP contribution in [0.4, 0.5) is 0 Å². The molecule has 0 amide bonds. The fourth-order valence-corrected chi connectivity index (χ4v) is 2.63. The van der Waals surface area contributed by atoms with E-state index in [1.165, 1.54) is 16.1 Å². The van der Waals surface area contributed by atoms with Crippen LogP contribution in [-0.4, -0.2) is 23.9 Å². The van der Waals surface area contributed by atoms with Crippen molar-refractivity contribution >= 4 is 29.5 Å². The molecule has 1 heterocycles. The number of nitrogens with zero attached hydrogens (tertiary/aromatic N) is 1. The van der Waals surface area contributed by atoms with E-state index < -0.39 is 12.1 Å². The van der Waals surface area contributed by atoms with Crippen LogP contribution in [0.2, 0.25) is 0 Å². The van der Waals surface area contributed by atoms with E-state index in [0.29, 0.717) is 10.6 Å². The van der Waals surface area contributed by atoms with Crippen LogP contribution in [0.5, 0.6) is 5.75 Å². The summed E-state index contributed by atoms with van der Waals surface area (Å²) in [7, 11) is 1.61. The number of rotatable bonds is 6. The van der Waals surface area contributed by atoms with Crippen LogP contribution in [-0.2, 0) is 16.1 Å². The van der Waals surface area contributed by atoms with Gasteiger partial charge in [0.15, 0.2) is 10.1 Å². The van der Waals surface area contributed by atoms with Crippen LogP contribution in [0, 0.1) is 10.9 Å². The molecule has 1 atom stereocenters. The number of methoxy groups -OCH3 is 1. The number of aryl methyl sites for hydroxylation is 1. The highest BCUT2D eigenvalue weighted by atomic mass is 32.1. The zero-order chi connectivity index (χ0) is 16.1. The van der Waals surface area contributed by atoms with Gasteiger partial charge in [-0.05, 0) is 43.8 Å². The molecule has 0 saturated heterocycles. The maximum Gasteiger partial charge on any atom is 0.361 e. The van der Waals surface area contributed by atoms with Gasteiger partial charge in [0, 0.05) is 5.38 Å². The quantitative estimate of drug-likeness (QED) is 0.757. The molecule has 0 aliphatic rings. The van der Waals surface area contributed by atoms with Crippen LogP contribution in [0.25, 0.3) is 0 Å². The van der Waals surface area contributed by atoms with Crippen molar-refractivity contribution in [3.63, 3.8) is 0 Å². The second-order valence-corrected chi connectivity index (χ2v) is 6.15. The van der Waals surface area contributed by atoms with E-state index in [9.17, 15) is 4.79 Å². The lowest BCUT2D eigenvalue weighted by Crippen LogP contribution is -2.31. The van der Waals surface area contributed by atoms with E-state index >= 15 is 0 Å². The maximum atomic E-state index is 12.0. The SMILES string of the molecule is COc1ccc(CO[C@@H](C)C(=O)On2c(C)csc2=S)cc1. The number of carbonyl (C=O) groups excluding carboxylic acids is 1. The highest BCUT2D eigenvalue weighted by Crippen LogP contribution is 2.13. The van der Waals surface area contributed by atoms with Crippen LogP contribution in [0.3, 0.4) is 0 Å². The summed E-state index contributed by atoms with van der Waals surface area (Å²) >= 11 is 6.44. The van der Waals surface area contributed by atoms with E-state index in [4.69, 9.17) is 26.5 Å². The normalized spacial score (nSPS) is 12.0. The molecule has 0 aliphatic heterocycles. The number of aromatic nitrogens is 1. The fraction of sp³-hybridized carbons (Fsp3) is 0.333. The van der Waals surface area contributed by atoms with Crippen molar-refractivity contribution in [1.29, 1.82) is 0 Å². The van der Waals surface area contributed by atoms with Gasteiger partial charge in [-0.2, -0.15) is 4.73 Å². The monoisotopic (exact) mass is 339 g/mol. The van der Waals surface area contributed by atoms with Crippen LogP contribution < -0.4 is 9.57 Å². The molecule has 0 bridgehead atoms. The highest BCUT2D eigenvalue weighted by molar-refractivity contribution is 7.73. The van der Waals surface area contributed by atoms with Crippen LogP contribution in [0.15, 0.2) is 29.6 Å².